The Labute approximate surface area is 108 Å². The molecule has 0 aromatic carbocycles. The van der Waals surface area contributed by atoms with Gasteiger partial charge in [0, 0.05) is 25.2 Å². The third kappa shape index (κ3) is 4.01. The van der Waals surface area contributed by atoms with E-state index in [0.29, 0.717) is 6.04 Å². The Morgan fingerprint density at radius 3 is 2.65 bits per heavy atom. The van der Waals surface area contributed by atoms with Gasteiger partial charge in [-0.05, 0) is 31.4 Å². The third-order valence-corrected chi connectivity index (χ3v) is 3.57. The van der Waals surface area contributed by atoms with Gasteiger partial charge in [0.2, 0.25) is 0 Å². The van der Waals surface area contributed by atoms with E-state index in [4.69, 9.17) is 4.74 Å². The third-order valence-electron chi connectivity index (χ3n) is 2.73. The summed E-state index contributed by atoms with van der Waals surface area (Å²) in [6.45, 7) is 7.33. The van der Waals surface area contributed by atoms with Crippen LogP contribution >= 0.6 is 11.5 Å². The van der Waals surface area contributed by atoms with E-state index in [0.717, 1.165) is 25.1 Å². The van der Waals surface area contributed by atoms with Crippen LogP contribution in [0.25, 0.3) is 0 Å². The number of rotatable bonds is 6. The van der Waals surface area contributed by atoms with Crippen molar-refractivity contribution < 1.29 is 4.74 Å². The second-order valence-electron chi connectivity index (χ2n) is 5.21. The van der Waals surface area contributed by atoms with Gasteiger partial charge in [0.05, 0.1) is 10.6 Å². The Bertz CT molecular complexity index is 333. The van der Waals surface area contributed by atoms with Crippen LogP contribution in [0.4, 0.5) is 0 Å². The van der Waals surface area contributed by atoms with E-state index in [1.165, 1.54) is 16.4 Å². The number of nitrogens with one attached hydrogen (secondary N) is 1. The molecule has 17 heavy (non-hydrogen) atoms. The van der Waals surface area contributed by atoms with Gasteiger partial charge in [-0.15, -0.1) is 5.10 Å². The van der Waals surface area contributed by atoms with E-state index >= 15 is 0 Å². The van der Waals surface area contributed by atoms with Crippen LogP contribution < -0.4 is 5.32 Å². The average molecular weight is 257 g/mol. The molecule has 0 saturated carbocycles. The smallest absolute Gasteiger partial charge is 0.0857 e. The molecule has 1 N–H and O–H groups in total. The van der Waals surface area contributed by atoms with Crippen molar-refractivity contribution >= 4 is 11.5 Å². The zero-order valence-corrected chi connectivity index (χ0v) is 12.2. The summed E-state index contributed by atoms with van der Waals surface area (Å²) < 4.78 is 9.20. The van der Waals surface area contributed by atoms with Crippen LogP contribution in [-0.4, -0.2) is 30.4 Å². The molecule has 0 fully saturated rings. The van der Waals surface area contributed by atoms with Crippen LogP contribution in [-0.2, 0) is 10.2 Å². The molecule has 4 nitrogen and oxygen atoms in total. The first-order chi connectivity index (χ1) is 8.00. The topological polar surface area (TPSA) is 47.0 Å². The normalized spacial score (nSPS) is 13.9. The summed E-state index contributed by atoms with van der Waals surface area (Å²) in [6.07, 6.45) is 2.10. The second kappa shape index (κ2) is 6.42. The lowest BCUT2D eigenvalue weighted by Gasteiger charge is -2.21. The van der Waals surface area contributed by atoms with Crippen molar-refractivity contribution in [2.75, 3.05) is 20.8 Å². The fourth-order valence-corrected chi connectivity index (χ4v) is 2.79. The van der Waals surface area contributed by atoms with E-state index in [1.807, 2.05) is 7.05 Å². The minimum absolute atomic E-state index is 0.0543. The molecule has 0 amide bonds. The van der Waals surface area contributed by atoms with Crippen LogP contribution in [0.15, 0.2) is 0 Å². The summed E-state index contributed by atoms with van der Waals surface area (Å²) in [5.74, 6) is 0. The van der Waals surface area contributed by atoms with Crippen molar-refractivity contribution in [1.82, 2.24) is 14.9 Å². The SMILES string of the molecule is CNC(CCCOC)c1snnc1C(C)(C)C. The minimum Gasteiger partial charge on any atom is -0.385 e. The molecule has 1 aromatic heterocycles. The fraction of sp³-hybridized carbons (Fsp3) is 0.833. The molecule has 0 aliphatic heterocycles. The van der Waals surface area contributed by atoms with Crippen molar-refractivity contribution in [3.05, 3.63) is 10.6 Å². The van der Waals surface area contributed by atoms with Crippen LogP contribution in [0.2, 0.25) is 0 Å². The standard InChI is InChI=1S/C12H23N3OS/c1-12(2,3)11-10(17-15-14-11)9(13-4)7-6-8-16-5/h9,13H,6-8H2,1-5H3. The highest BCUT2D eigenvalue weighted by Crippen LogP contribution is 2.32. The first-order valence-electron chi connectivity index (χ1n) is 5.99. The van der Waals surface area contributed by atoms with Crippen molar-refractivity contribution in [2.45, 2.75) is 45.1 Å². The van der Waals surface area contributed by atoms with Gasteiger partial charge in [0.25, 0.3) is 0 Å². The van der Waals surface area contributed by atoms with Crippen LogP contribution in [0.5, 0.6) is 0 Å². The van der Waals surface area contributed by atoms with Gasteiger partial charge in [0.15, 0.2) is 0 Å². The molecule has 98 valence electrons. The first-order valence-corrected chi connectivity index (χ1v) is 6.77. The van der Waals surface area contributed by atoms with Crippen molar-refractivity contribution in [3.63, 3.8) is 0 Å². The molecule has 1 rings (SSSR count). The molecule has 1 atom stereocenters. The summed E-state index contributed by atoms with van der Waals surface area (Å²) in [6, 6.07) is 0.333. The highest BCUT2D eigenvalue weighted by Gasteiger charge is 2.26. The van der Waals surface area contributed by atoms with Crippen molar-refractivity contribution in [3.8, 4) is 0 Å². The van der Waals surface area contributed by atoms with Gasteiger partial charge < -0.3 is 10.1 Å². The predicted molar refractivity (Wildman–Crippen MR) is 71.5 cm³/mol. The molecule has 1 unspecified atom stereocenters. The molecule has 0 spiro atoms. The number of ether oxygens (including phenoxy) is 1. The molecule has 0 bridgehead atoms. The molecule has 0 saturated heterocycles. The summed E-state index contributed by atoms with van der Waals surface area (Å²) in [5.41, 5.74) is 1.16. The first kappa shape index (κ1) is 14.5. The van der Waals surface area contributed by atoms with Crippen LogP contribution in [0.1, 0.15) is 50.2 Å². The van der Waals surface area contributed by atoms with Gasteiger partial charge in [-0.2, -0.15) is 0 Å². The number of nitrogens with zero attached hydrogens (tertiary/aromatic N) is 2. The molecule has 5 heteroatoms. The summed E-state index contributed by atoms with van der Waals surface area (Å²) in [4.78, 5) is 1.26. The Morgan fingerprint density at radius 1 is 1.41 bits per heavy atom. The lowest BCUT2D eigenvalue weighted by molar-refractivity contribution is 0.189. The average Bonchev–Trinajstić information content (AvgIpc) is 2.73. The second-order valence-corrected chi connectivity index (χ2v) is 6.00. The number of methoxy groups -OCH3 is 1. The maximum Gasteiger partial charge on any atom is 0.0857 e. The van der Waals surface area contributed by atoms with Gasteiger partial charge in [0.1, 0.15) is 0 Å². The highest BCUT2D eigenvalue weighted by atomic mass is 32.1. The van der Waals surface area contributed by atoms with E-state index < -0.39 is 0 Å². The zero-order valence-electron chi connectivity index (χ0n) is 11.4. The van der Waals surface area contributed by atoms with Gasteiger partial charge >= 0.3 is 0 Å². The molecule has 1 aromatic rings. The summed E-state index contributed by atoms with van der Waals surface area (Å²) >= 11 is 1.50. The van der Waals surface area contributed by atoms with Crippen molar-refractivity contribution in [2.24, 2.45) is 0 Å². The Balaban J connectivity index is 2.78. The van der Waals surface area contributed by atoms with Crippen LogP contribution in [0, 0.1) is 0 Å². The highest BCUT2D eigenvalue weighted by molar-refractivity contribution is 7.05. The summed E-state index contributed by atoms with van der Waals surface area (Å²) in [7, 11) is 3.73. The summed E-state index contributed by atoms with van der Waals surface area (Å²) in [5, 5.41) is 7.63. The van der Waals surface area contributed by atoms with E-state index in [9.17, 15) is 0 Å². The quantitative estimate of drug-likeness (QED) is 0.796. The van der Waals surface area contributed by atoms with Gasteiger partial charge in [-0.25, -0.2) is 0 Å². The molecule has 0 aliphatic carbocycles. The number of aromatic nitrogens is 2. The van der Waals surface area contributed by atoms with Gasteiger partial charge in [-0.1, -0.05) is 25.3 Å². The van der Waals surface area contributed by atoms with Crippen molar-refractivity contribution in [1.29, 1.82) is 0 Å². The maximum absolute atomic E-state index is 5.10. The van der Waals surface area contributed by atoms with Crippen LogP contribution in [0.3, 0.4) is 0 Å². The molecule has 0 radical (unpaired) electrons. The molecule has 1 heterocycles. The number of hydrogen-bond donors (Lipinski definition) is 1. The van der Waals surface area contributed by atoms with E-state index in [-0.39, 0.29) is 5.41 Å². The molecular weight excluding hydrogens is 234 g/mol. The minimum atomic E-state index is 0.0543. The zero-order chi connectivity index (χ0) is 12.9. The lowest BCUT2D eigenvalue weighted by Crippen LogP contribution is -2.21. The lowest BCUT2D eigenvalue weighted by atomic mass is 9.89. The Morgan fingerprint density at radius 2 is 2.12 bits per heavy atom. The fourth-order valence-electron chi connectivity index (χ4n) is 1.78. The molecular formula is C12H23N3OS. The Kier molecular flexibility index (Phi) is 5.49. The molecule has 0 aliphatic rings. The van der Waals surface area contributed by atoms with E-state index in [1.54, 1.807) is 7.11 Å². The number of hydrogen-bond acceptors (Lipinski definition) is 5. The predicted octanol–water partition coefficient (Wildman–Crippen LogP) is 2.52. The Hall–Kier alpha value is -0.520. The largest absolute Gasteiger partial charge is 0.385 e. The van der Waals surface area contributed by atoms with Gasteiger partial charge in [-0.3, -0.25) is 0 Å². The monoisotopic (exact) mass is 257 g/mol. The van der Waals surface area contributed by atoms with E-state index in [2.05, 4.69) is 35.7 Å². The maximum atomic E-state index is 5.10.